The van der Waals surface area contributed by atoms with Crippen LogP contribution in [0, 0.1) is 5.92 Å². The molecule has 1 fully saturated rings. The Kier molecular flexibility index (Phi) is 5.15. The van der Waals surface area contributed by atoms with Crippen molar-refractivity contribution in [1.29, 1.82) is 0 Å². The molecule has 144 valence electrons. The van der Waals surface area contributed by atoms with Crippen molar-refractivity contribution in [3.63, 3.8) is 0 Å². The van der Waals surface area contributed by atoms with Crippen LogP contribution in [0.2, 0.25) is 0 Å². The maximum absolute atomic E-state index is 13.0. The zero-order valence-electron chi connectivity index (χ0n) is 16.0. The van der Waals surface area contributed by atoms with Crippen LogP contribution in [0.4, 0.5) is 5.69 Å². The summed E-state index contributed by atoms with van der Waals surface area (Å²) in [7, 11) is 1.66. The zero-order chi connectivity index (χ0) is 19.5. The molecule has 0 unspecified atom stereocenters. The monoisotopic (exact) mass is 376 g/mol. The Morgan fingerprint density at radius 3 is 2.46 bits per heavy atom. The van der Waals surface area contributed by atoms with Crippen molar-refractivity contribution >= 4 is 23.1 Å². The van der Waals surface area contributed by atoms with E-state index in [0.29, 0.717) is 26.1 Å². The predicted molar refractivity (Wildman–Crippen MR) is 109 cm³/mol. The molecule has 1 atom stereocenters. The standard InChI is InChI=1S/C23H24N2O3/c1-28-21-9-7-17(8-10-21)18-11-13-24(14-12-18)23(27)19-15-22(26)25(16-19)20-5-3-2-4-6-20/h2-11,19H,12-16H2,1H3/t19-/m0/s1. The van der Waals surface area contributed by atoms with E-state index in [-0.39, 0.29) is 17.7 Å². The fourth-order valence-electron chi connectivity index (χ4n) is 3.93. The predicted octanol–water partition coefficient (Wildman–Crippen LogP) is 3.36. The van der Waals surface area contributed by atoms with Gasteiger partial charge < -0.3 is 14.5 Å². The second-order valence-electron chi connectivity index (χ2n) is 7.23. The van der Waals surface area contributed by atoms with Gasteiger partial charge in [0.15, 0.2) is 0 Å². The third-order valence-electron chi connectivity index (χ3n) is 5.52. The first kappa shape index (κ1) is 18.3. The van der Waals surface area contributed by atoms with Crippen molar-refractivity contribution in [3.8, 4) is 5.75 Å². The molecule has 2 aromatic carbocycles. The van der Waals surface area contributed by atoms with Crippen molar-refractivity contribution in [2.45, 2.75) is 12.8 Å². The second-order valence-corrected chi connectivity index (χ2v) is 7.23. The number of methoxy groups -OCH3 is 1. The molecule has 2 aromatic rings. The van der Waals surface area contributed by atoms with Gasteiger partial charge in [0.05, 0.1) is 13.0 Å². The summed E-state index contributed by atoms with van der Waals surface area (Å²) in [5.41, 5.74) is 3.28. The van der Waals surface area contributed by atoms with Crippen LogP contribution in [0.3, 0.4) is 0 Å². The molecule has 5 nitrogen and oxygen atoms in total. The molecule has 2 aliphatic rings. The molecule has 2 heterocycles. The number of amides is 2. The van der Waals surface area contributed by atoms with E-state index in [1.165, 1.54) is 11.1 Å². The van der Waals surface area contributed by atoms with Gasteiger partial charge in [0, 0.05) is 31.7 Å². The lowest BCUT2D eigenvalue weighted by Crippen LogP contribution is -2.39. The topological polar surface area (TPSA) is 49.9 Å². The van der Waals surface area contributed by atoms with Crippen LogP contribution >= 0.6 is 0 Å². The molecule has 0 radical (unpaired) electrons. The molecule has 5 heteroatoms. The van der Waals surface area contributed by atoms with Crippen LogP contribution in [-0.2, 0) is 9.59 Å². The van der Waals surface area contributed by atoms with Gasteiger partial charge in [0.1, 0.15) is 5.75 Å². The second kappa shape index (κ2) is 7.89. The number of carbonyl (C=O) groups excluding carboxylic acids is 2. The SMILES string of the molecule is COc1ccc(C2=CCN(C(=O)[C@H]3CC(=O)N(c4ccccc4)C3)CC2)cc1. The highest BCUT2D eigenvalue weighted by molar-refractivity contribution is 6.00. The summed E-state index contributed by atoms with van der Waals surface area (Å²) in [5, 5.41) is 0. The minimum absolute atomic E-state index is 0.0241. The number of hydrogen-bond donors (Lipinski definition) is 0. The summed E-state index contributed by atoms with van der Waals surface area (Å²) < 4.78 is 5.21. The maximum Gasteiger partial charge on any atom is 0.228 e. The van der Waals surface area contributed by atoms with E-state index >= 15 is 0 Å². The Labute approximate surface area is 165 Å². The number of ether oxygens (including phenoxy) is 1. The number of para-hydroxylation sites is 1. The van der Waals surface area contributed by atoms with Gasteiger partial charge >= 0.3 is 0 Å². The Bertz CT molecular complexity index is 890. The summed E-state index contributed by atoms with van der Waals surface area (Å²) in [4.78, 5) is 28.9. The molecule has 0 bridgehead atoms. The third kappa shape index (κ3) is 3.65. The van der Waals surface area contributed by atoms with E-state index < -0.39 is 0 Å². The molecule has 28 heavy (non-hydrogen) atoms. The van der Waals surface area contributed by atoms with Gasteiger partial charge in [-0.3, -0.25) is 9.59 Å². The lowest BCUT2D eigenvalue weighted by atomic mass is 9.98. The minimum atomic E-state index is -0.261. The largest absolute Gasteiger partial charge is 0.497 e. The molecule has 0 saturated carbocycles. The van der Waals surface area contributed by atoms with Gasteiger partial charge in [-0.25, -0.2) is 0 Å². The van der Waals surface area contributed by atoms with E-state index in [9.17, 15) is 9.59 Å². The van der Waals surface area contributed by atoms with Crippen molar-refractivity contribution in [3.05, 3.63) is 66.2 Å². The van der Waals surface area contributed by atoms with E-state index in [4.69, 9.17) is 4.74 Å². The first-order valence-corrected chi connectivity index (χ1v) is 9.63. The van der Waals surface area contributed by atoms with Crippen LogP contribution < -0.4 is 9.64 Å². The molecule has 2 amide bonds. The molecular weight excluding hydrogens is 352 g/mol. The van der Waals surface area contributed by atoms with Crippen LogP contribution in [0.15, 0.2) is 60.7 Å². The highest BCUT2D eigenvalue weighted by atomic mass is 16.5. The molecule has 0 aromatic heterocycles. The highest BCUT2D eigenvalue weighted by Crippen LogP contribution is 2.29. The molecule has 0 spiro atoms. The highest BCUT2D eigenvalue weighted by Gasteiger charge is 2.37. The van der Waals surface area contributed by atoms with Gasteiger partial charge in [0.25, 0.3) is 0 Å². The number of nitrogens with zero attached hydrogens (tertiary/aromatic N) is 2. The minimum Gasteiger partial charge on any atom is -0.497 e. The quantitative estimate of drug-likeness (QED) is 0.822. The smallest absolute Gasteiger partial charge is 0.228 e. The lowest BCUT2D eigenvalue weighted by Gasteiger charge is -2.29. The van der Waals surface area contributed by atoms with Crippen molar-refractivity contribution in [1.82, 2.24) is 4.90 Å². The summed E-state index contributed by atoms with van der Waals surface area (Å²) in [6.07, 6.45) is 3.23. The van der Waals surface area contributed by atoms with Crippen LogP contribution in [0.5, 0.6) is 5.75 Å². The number of hydrogen-bond acceptors (Lipinski definition) is 3. The zero-order valence-corrected chi connectivity index (χ0v) is 16.0. The number of rotatable bonds is 4. The van der Waals surface area contributed by atoms with E-state index in [0.717, 1.165) is 17.9 Å². The number of benzene rings is 2. The molecule has 2 aliphatic heterocycles. The fraction of sp³-hybridized carbons (Fsp3) is 0.304. The number of anilines is 1. The summed E-state index contributed by atoms with van der Waals surface area (Å²) in [6.45, 7) is 1.75. The molecule has 0 aliphatic carbocycles. The van der Waals surface area contributed by atoms with Crippen molar-refractivity contribution in [2.75, 3.05) is 31.6 Å². The molecule has 4 rings (SSSR count). The normalized spacial score (nSPS) is 19.5. The maximum atomic E-state index is 13.0. The summed E-state index contributed by atoms with van der Waals surface area (Å²) in [5.74, 6) is 0.683. The van der Waals surface area contributed by atoms with Crippen LogP contribution in [-0.4, -0.2) is 43.5 Å². The third-order valence-corrected chi connectivity index (χ3v) is 5.52. The Morgan fingerprint density at radius 2 is 1.82 bits per heavy atom. The first-order chi connectivity index (χ1) is 13.7. The van der Waals surface area contributed by atoms with E-state index in [1.54, 1.807) is 12.0 Å². The van der Waals surface area contributed by atoms with Gasteiger partial charge in [-0.2, -0.15) is 0 Å². The van der Waals surface area contributed by atoms with Crippen molar-refractivity contribution < 1.29 is 14.3 Å². The summed E-state index contributed by atoms with van der Waals surface area (Å²) in [6, 6.07) is 17.6. The fourth-order valence-corrected chi connectivity index (χ4v) is 3.93. The van der Waals surface area contributed by atoms with Crippen LogP contribution in [0.25, 0.3) is 5.57 Å². The Hall–Kier alpha value is -3.08. The average molecular weight is 376 g/mol. The van der Waals surface area contributed by atoms with E-state index in [2.05, 4.69) is 18.2 Å². The van der Waals surface area contributed by atoms with Crippen LogP contribution in [0.1, 0.15) is 18.4 Å². The molecule has 0 N–H and O–H groups in total. The lowest BCUT2D eigenvalue weighted by molar-refractivity contribution is -0.135. The van der Waals surface area contributed by atoms with Gasteiger partial charge in [-0.05, 0) is 41.8 Å². The van der Waals surface area contributed by atoms with Gasteiger partial charge in [0.2, 0.25) is 11.8 Å². The number of carbonyl (C=O) groups is 2. The first-order valence-electron chi connectivity index (χ1n) is 9.63. The Morgan fingerprint density at radius 1 is 1.07 bits per heavy atom. The molecular formula is C23H24N2O3. The average Bonchev–Trinajstić information content (AvgIpc) is 3.15. The van der Waals surface area contributed by atoms with E-state index in [1.807, 2.05) is 47.4 Å². The summed E-state index contributed by atoms with van der Waals surface area (Å²) >= 11 is 0. The van der Waals surface area contributed by atoms with Crippen molar-refractivity contribution in [2.24, 2.45) is 5.92 Å². The molecule has 1 saturated heterocycles. The van der Waals surface area contributed by atoms with Gasteiger partial charge in [-0.15, -0.1) is 0 Å². The Balaban J connectivity index is 1.40. The van der Waals surface area contributed by atoms with Gasteiger partial charge in [-0.1, -0.05) is 36.4 Å².